The molecular weight excluding hydrogens is 414 g/mol. The van der Waals surface area contributed by atoms with E-state index in [1.165, 1.54) is 14.2 Å². The van der Waals surface area contributed by atoms with Gasteiger partial charge in [0.05, 0.1) is 33.0 Å². The topological polar surface area (TPSA) is 80.6 Å². The number of thiophene rings is 1. The van der Waals surface area contributed by atoms with Crippen molar-refractivity contribution < 1.29 is 19.1 Å². The van der Waals surface area contributed by atoms with Gasteiger partial charge >= 0.3 is 0 Å². The standard InChI is InChI=1S/C23H21N3O4S/c1-29-16-10-15(11-17(12-16)30-2)23(28)26(13-18-6-5-9-31-18)14-21-24-20-8-4-3-7-19(20)22(27)25-21/h3-12,19H,13-14H2,1-2H3. The normalized spacial score (nSPS) is 17.0. The maximum absolute atomic E-state index is 13.5. The van der Waals surface area contributed by atoms with E-state index in [-0.39, 0.29) is 18.4 Å². The summed E-state index contributed by atoms with van der Waals surface area (Å²) < 4.78 is 10.6. The van der Waals surface area contributed by atoms with Crippen molar-refractivity contribution in [2.24, 2.45) is 15.9 Å². The van der Waals surface area contributed by atoms with E-state index >= 15 is 0 Å². The van der Waals surface area contributed by atoms with Crippen molar-refractivity contribution >= 4 is 34.7 Å². The first-order valence-corrected chi connectivity index (χ1v) is 10.5. The molecule has 31 heavy (non-hydrogen) atoms. The second kappa shape index (κ2) is 9.09. The molecule has 2 amide bonds. The van der Waals surface area contributed by atoms with E-state index in [9.17, 15) is 9.59 Å². The molecule has 0 bridgehead atoms. The number of ether oxygens (including phenoxy) is 2. The van der Waals surface area contributed by atoms with Gasteiger partial charge in [-0.1, -0.05) is 24.3 Å². The summed E-state index contributed by atoms with van der Waals surface area (Å²) in [7, 11) is 3.07. The van der Waals surface area contributed by atoms with Crippen LogP contribution < -0.4 is 9.47 Å². The number of benzene rings is 1. The van der Waals surface area contributed by atoms with Gasteiger partial charge in [-0.2, -0.15) is 4.99 Å². The molecule has 0 radical (unpaired) electrons. The van der Waals surface area contributed by atoms with Gasteiger partial charge in [-0.3, -0.25) is 9.59 Å². The molecule has 0 fully saturated rings. The summed E-state index contributed by atoms with van der Waals surface area (Å²) in [5.74, 6) is 0.403. The molecule has 0 saturated carbocycles. The highest BCUT2D eigenvalue weighted by Crippen LogP contribution is 2.25. The van der Waals surface area contributed by atoms with E-state index in [0.717, 1.165) is 4.88 Å². The van der Waals surface area contributed by atoms with Crippen LogP contribution in [0.2, 0.25) is 0 Å². The molecule has 1 unspecified atom stereocenters. The molecule has 1 aliphatic carbocycles. The van der Waals surface area contributed by atoms with Crippen molar-refractivity contribution in [2.45, 2.75) is 6.54 Å². The Labute approximate surface area is 184 Å². The number of fused-ring (bicyclic) bond motifs is 1. The zero-order valence-electron chi connectivity index (χ0n) is 17.1. The Morgan fingerprint density at radius 2 is 1.87 bits per heavy atom. The highest BCUT2D eigenvalue weighted by atomic mass is 32.1. The predicted octanol–water partition coefficient (Wildman–Crippen LogP) is 3.53. The van der Waals surface area contributed by atoms with E-state index in [2.05, 4.69) is 9.98 Å². The maximum atomic E-state index is 13.5. The number of carbonyl (C=O) groups is 2. The smallest absolute Gasteiger partial charge is 0.260 e. The summed E-state index contributed by atoms with van der Waals surface area (Å²) in [5, 5.41) is 1.96. The van der Waals surface area contributed by atoms with Crippen LogP contribution in [0.25, 0.3) is 0 Å². The fraction of sp³-hybridized carbons (Fsp3) is 0.217. The molecule has 0 spiro atoms. The average molecular weight is 436 g/mol. The van der Waals surface area contributed by atoms with Crippen molar-refractivity contribution in [3.8, 4) is 11.5 Å². The molecule has 0 saturated heterocycles. The van der Waals surface area contributed by atoms with Gasteiger partial charge in [0.15, 0.2) is 5.84 Å². The molecule has 1 atom stereocenters. The third kappa shape index (κ3) is 4.64. The van der Waals surface area contributed by atoms with Gasteiger partial charge in [0, 0.05) is 16.5 Å². The van der Waals surface area contributed by atoms with E-state index in [1.807, 2.05) is 29.7 Å². The lowest BCUT2D eigenvalue weighted by Crippen LogP contribution is -2.37. The molecule has 4 rings (SSSR count). The van der Waals surface area contributed by atoms with Crippen LogP contribution in [0.4, 0.5) is 0 Å². The minimum absolute atomic E-state index is 0.107. The second-order valence-electron chi connectivity index (χ2n) is 6.97. The van der Waals surface area contributed by atoms with Gasteiger partial charge in [0.1, 0.15) is 17.4 Å². The summed E-state index contributed by atoms with van der Waals surface area (Å²) in [6, 6.07) is 8.93. The van der Waals surface area contributed by atoms with Gasteiger partial charge in [-0.25, -0.2) is 4.99 Å². The first-order valence-electron chi connectivity index (χ1n) is 9.67. The van der Waals surface area contributed by atoms with E-state index in [1.54, 1.807) is 46.6 Å². The number of hydrogen-bond donors (Lipinski definition) is 0. The van der Waals surface area contributed by atoms with Crippen LogP contribution in [-0.4, -0.2) is 49.0 Å². The average Bonchev–Trinajstić information content (AvgIpc) is 3.31. The molecule has 1 aromatic heterocycles. The van der Waals surface area contributed by atoms with Crippen molar-refractivity contribution in [1.82, 2.24) is 4.90 Å². The lowest BCUT2D eigenvalue weighted by molar-refractivity contribution is -0.118. The maximum Gasteiger partial charge on any atom is 0.260 e. The van der Waals surface area contributed by atoms with Crippen LogP contribution in [0.1, 0.15) is 15.2 Å². The summed E-state index contributed by atoms with van der Waals surface area (Å²) in [4.78, 5) is 37.2. The molecule has 2 aliphatic rings. The van der Waals surface area contributed by atoms with Gasteiger partial charge in [0.2, 0.25) is 0 Å². The number of amidine groups is 1. The Morgan fingerprint density at radius 3 is 2.55 bits per heavy atom. The third-order valence-corrected chi connectivity index (χ3v) is 5.77. The van der Waals surface area contributed by atoms with Crippen LogP contribution in [-0.2, 0) is 11.3 Å². The summed E-state index contributed by atoms with van der Waals surface area (Å²) in [6.45, 7) is 0.475. The van der Waals surface area contributed by atoms with Crippen molar-refractivity contribution in [3.05, 3.63) is 70.5 Å². The number of carbonyl (C=O) groups excluding carboxylic acids is 2. The minimum atomic E-state index is -0.446. The highest BCUT2D eigenvalue weighted by Gasteiger charge is 2.28. The molecule has 1 aromatic carbocycles. The van der Waals surface area contributed by atoms with Crippen LogP contribution in [0.5, 0.6) is 11.5 Å². The summed E-state index contributed by atoms with van der Waals surface area (Å²) >= 11 is 1.55. The van der Waals surface area contributed by atoms with Gasteiger partial charge in [0.25, 0.3) is 11.8 Å². The Balaban J connectivity index is 1.64. The van der Waals surface area contributed by atoms with Crippen LogP contribution in [0, 0.1) is 5.92 Å². The molecule has 2 aromatic rings. The number of rotatable bonds is 7. The molecule has 7 nitrogen and oxygen atoms in total. The second-order valence-corrected chi connectivity index (χ2v) is 8.00. The van der Waals surface area contributed by atoms with Crippen molar-refractivity contribution in [1.29, 1.82) is 0 Å². The number of hydrogen-bond acceptors (Lipinski definition) is 6. The molecular formula is C23H21N3O4S. The Bertz CT molecular complexity index is 1090. The highest BCUT2D eigenvalue weighted by molar-refractivity contribution is 7.09. The van der Waals surface area contributed by atoms with E-state index < -0.39 is 5.92 Å². The molecule has 2 heterocycles. The van der Waals surface area contributed by atoms with E-state index in [4.69, 9.17) is 9.47 Å². The monoisotopic (exact) mass is 435 g/mol. The number of methoxy groups -OCH3 is 2. The number of amides is 2. The fourth-order valence-corrected chi connectivity index (χ4v) is 4.08. The zero-order chi connectivity index (χ0) is 21.8. The lowest BCUT2D eigenvalue weighted by Gasteiger charge is -2.24. The SMILES string of the molecule is COc1cc(OC)cc(C(=O)N(CC2=NC(=O)C3C=CC=CC3=N2)Cc2cccs2)c1. The van der Waals surface area contributed by atoms with Crippen LogP contribution in [0.15, 0.2) is 70.0 Å². The summed E-state index contributed by atoms with van der Waals surface area (Å²) in [6.07, 6.45) is 7.22. The zero-order valence-corrected chi connectivity index (χ0v) is 18.0. The largest absolute Gasteiger partial charge is 0.497 e. The Morgan fingerprint density at radius 1 is 1.10 bits per heavy atom. The van der Waals surface area contributed by atoms with Crippen molar-refractivity contribution in [3.63, 3.8) is 0 Å². The Kier molecular flexibility index (Phi) is 6.08. The quantitative estimate of drug-likeness (QED) is 0.666. The lowest BCUT2D eigenvalue weighted by atomic mass is 9.96. The van der Waals surface area contributed by atoms with Gasteiger partial charge in [-0.05, 0) is 29.7 Å². The molecule has 0 N–H and O–H groups in total. The molecule has 8 heteroatoms. The van der Waals surface area contributed by atoms with Gasteiger partial charge < -0.3 is 14.4 Å². The summed E-state index contributed by atoms with van der Waals surface area (Å²) in [5.41, 5.74) is 1.06. The van der Waals surface area contributed by atoms with Crippen LogP contribution >= 0.6 is 11.3 Å². The molecule has 1 aliphatic heterocycles. The number of aliphatic imine (C=N–C) groups is 2. The number of nitrogens with zero attached hydrogens (tertiary/aromatic N) is 3. The molecule has 158 valence electrons. The number of allylic oxidation sites excluding steroid dienone is 3. The minimum Gasteiger partial charge on any atom is -0.497 e. The predicted molar refractivity (Wildman–Crippen MR) is 120 cm³/mol. The van der Waals surface area contributed by atoms with Crippen LogP contribution in [0.3, 0.4) is 0 Å². The Hall–Kier alpha value is -3.52. The van der Waals surface area contributed by atoms with Gasteiger partial charge in [-0.15, -0.1) is 11.3 Å². The van der Waals surface area contributed by atoms with Crippen molar-refractivity contribution in [2.75, 3.05) is 20.8 Å². The first kappa shape index (κ1) is 20.7. The third-order valence-electron chi connectivity index (χ3n) is 4.91. The fourth-order valence-electron chi connectivity index (χ4n) is 3.36. The first-order chi connectivity index (χ1) is 15.1. The van der Waals surface area contributed by atoms with E-state index in [0.29, 0.717) is 35.2 Å².